The van der Waals surface area contributed by atoms with E-state index in [-0.39, 0.29) is 19.1 Å². The molecule has 3 N–H and O–H groups in total. The zero-order valence-corrected chi connectivity index (χ0v) is 13.3. The molecule has 2 saturated carbocycles. The van der Waals surface area contributed by atoms with Crippen LogP contribution in [0.2, 0.25) is 0 Å². The van der Waals surface area contributed by atoms with Gasteiger partial charge in [-0.25, -0.2) is 0 Å². The van der Waals surface area contributed by atoms with Gasteiger partial charge in [0.25, 0.3) is 5.91 Å². The lowest BCUT2D eigenvalue weighted by Crippen LogP contribution is -2.24. The highest BCUT2D eigenvalue weighted by Gasteiger charge is 2.51. The molecular formula is C16H23NO4S. The number of ether oxygens (including phenoxy) is 1. The fraction of sp³-hybridized carbons (Fsp3) is 0.688. The third kappa shape index (κ3) is 3.62. The van der Waals surface area contributed by atoms with Gasteiger partial charge in [0.15, 0.2) is 5.06 Å². The zero-order valence-electron chi connectivity index (χ0n) is 12.5. The maximum Gasteiger partial charge on any atom is 0.252 e. The highest BCUT2D eigenvalue weighted by Crippen LogP contribution is 2.58. The number of amides is 1. The molecule has 3 unspecified atom stereocenters. The molecule has 22 heavy (non-hydrogen) atoms. The molecule has 0 spiro atoms. The smallest absolute Gasteiger partial charge is 0.252 e. The van der Waals surface area contributed by atoms with Crippen LogP contribution in [0, 0.1) is 17.8 Å². The summed E-state index contributed by atoms with van der Waals surface area (Å²) in [5.41, 5.74) is 0.592. The first kappa shape index (κ1) is 15.8. The van der Waals surface area contributed by atoms with Crippen LogP contribution in [0.25, 0.3) is 0 Å². The van der Waals surface area contributed by atoms with E-state index in [2.05, 4.69) is 5.32 Å². The number of carbonyl (C=O) groups excluding carboxylic acids is 1. The van der Waals surface area contributed by atoms with Crippen molar-refractivity contribution in [1.29, 1.82) is 0 Å². The van der Waals surface area contributed by atoms with Gasteiger partial charge in [-0.05, 0) is 37.0 Å². The van der Waals surface area contributed by atoms with Crippen LogP contribution in [0.5, 0.6) is 5.06 Å². The Morgan fingerprint density at radius 2 is 2.23 bits per heavy atom. The second kappa shape index (κ2) is 6.98. The molecule has 122 valence electrons. The second-order valence-electron chi connectivity index (χ2n) is 6.27. The van der Waals surface area contributed by atoms with Crippen LogP contribution in [0.15, 0.2) is 11.4 Å². The minimum atomic E-state index is -0.891. The quantitative estimate of drug-likeness (QED) is 0.679. The van der Waals surface area contributed by atoms with E-state index in [1.807, 2.05) is 0 Å². The van der Waals surface area contributed by atoms with Crippen molar-refractivity contribution in [3.63, 3.8) is 0 Å². The minimum Gasteiger partial charge on any atom is -0.481 e. The van der Waals surface area contributed by atoms with Crippen LogP contribution in [-0.2, 0) is 0 Å². The third-order valence-corrected chi connectivity index (χ3v) is 5.65. The summed E-state index contributed by atoms with van der Waals surface area (Å²) in [6.45, 7) is 0.441. The Labute approximate surface area is 134 Å². The molecule has 2 aliphatic carbocycles. The molecule has 0 aliphatic heterocycles. The van der Waals surface area contributed by atoms with Crippen molar-refractivity contribution < 1.29 is 19.7 Å². The third-order valence-electron chi connectivity index (χ3n) is 4.81. The van der Waals surface area contributed by atoms with E-state index in [1.165, 1.54) is 30.6 Å². The molecule has 0 saturated heterocycles. The largest absolute Gasteiger partial charge is 0.481 e. The summed E-state index contributed by atoms with van der Waals surface area (Å²) in [7, 11) is 0. The van der Waals surface area contributed by atoms with Gasteiger partial charge in [0.2, 0.25) is 0 Å². The average molecular weight is 325 g/mol. The highest BCUT2D eigenvalue weighted by atomic mass is 32.1. The number of hydrogen-bond acceptors (Lipinski definition) is 5. The van der Waals surface area contributed by atoms with Crippen molar-refractivity contribution >= 4 is 17.2 Å². The molecular weight excluding hydrogens is 302 g/mol. The maximum absolute atomic E-state index is 12.1. The fourth-order valence-corrected chi connectivity index (χ4v) is 4.34. The van der Waals surface area contributed by atoms with Crippen molar-refractivity contribution in [3.05, 3.63) is 17.0 Å². The van der Waals surface area contributed by atoms with Crippen molar-refractivity contribution in [2.45, 2.75) is 31.8 Å². The summed E-state index contributed by atoms with van der Waals surface area (Å²) >= 11 is 1.32. The fourth-order valence-electron chi connectivity index (χ4n) is 3.59. The molecule has 2 aliphatic rings. The number of fused-ring (bicyclic) bond motifs is 1. The molecule has 1 heterocycles. The van der Waals surface area contributed by atoms with Crippen molar-refractivity contribution in [3.8, 4) is 5.06 Å². The molecule has 6 heteroatoms. The van der Waals surface area contributed by atoms with Crippen LogP contribution in [0.4, 0.5) is 0 Å². The van der Waals surface area contributed by atoms with Gasteiger partial charge >= 0.3 is 0 Å². The predicted molar refractivity (Wildman–Crippen MR) is 84.2 cm³/mol. The monoisotopic (exact) mass is 325 g/mol. The van der Waals surface area contributed by atoms with E-state index in [0.717, 1.165) is 30.7 Å². The first-order chi connectivity index (χ1) is 10.7. The number of thiophene rings is 1. The topological polar surface area (TPSA) is 78.8 Å². The Hall–Kier alpha value is -1.11. The minimum absolute atomic E-state index is 0.0303. The molecule has 0 radical (unpaired) electrons. The first-order valence-corrected chi connectivity index (χ1v) is 8.85. The lowest BCUT2D eigenvalue weighted by atomic mass is 10.1. The number of hydrogen-bond donors (Lipinski definition) is 3. The van der Waals surface area contributed by atoms with Gasteiger partial charge in [-0.1, -0.05) is 6.42 Å². The summed E-state index contributed by atoms with van der Waals surface area (Å²) in [5, 5.41) is 23.3. The zero-order chi connectivity index (χ0) is 15.5. The van der Waals surface area contributed by atoms with Gasteiger partial charge in [0.05, 0.1) is 12.2 Å². The van der Waals surface area contributed by atoms with Crippen LogP contribution in [0.1, 0.15) is 36.0 Å². The van der Waals surface area contributed by atoms with Gasteiger partial charge in [0.1, 0.15) is 12.7 Å². The van der Waals surface area contributed by atoms with Gasteiger partial charge in [-0.3, -0.25) is 4.79 Å². The van der Waals surface area contributed by atoms with E-state index >= 15 is 0 Å². The summed E-state index contributed by atoms with van der Waals surface area (Å²) < 4.78 is 5.32. The molecule has 1 amide bonds. The Morgan fingerprint density at radius 1 is 1.45 bits per heavy atom. The predicted octanol–water partition coefficient (Wildman–Crippen LogP) is 1.65. The van der Waals surface area contributed by atoms with E-state index in [9.17, 15) is 9.90 Å². The lowest BCUT2D eigenvalue weighted by Gasteiger charge is -2.07. The van der Waals surface area contributed by atoms with Crippen molar-refractivity contribution in [2.75, 3.05) is 19.8 Å². The number of nitrogens with one attached hydrogen (secondary N) is 1. The average Bonchev–Trinajstić information content (AvgIpc) is 2.95. The van der Waals surface area contributed by atoms with E-state index in [0.29, 0.717) is 10.6 Å². The van der Waals surface area contributed by atoms with E-state index in [1.54, 1.807) is 11.4 Å². The first-order valence-electron chi connectivity index (χ1n) is 7.97. The van der Waals surface area contributed by atoms with Gasteiger partial charge in [0, 0.05) is 18.0 Å². The summed E-state index contributed by atoms with van der Waals surface area (Å²) in [6, 6.07) is 1.68. The molecule has 3 rings (SSSR count). The second-order valence-corrected chi connectivity index (χ2v) is 7.14. The Bertz CT molecular complexity index is 508. The standard InChI is InChI=1S/C16H23NO4S/c18-7-11(19)8-21-15-6-10(9-22-15)16(20)17-5-4-14-12-2-1-3-13(12)14/h6,9,11-14,18-19H,1-5,7-8H2,(H,17,20). The molecule has 0 bridgehead atoms. The number of aliphatic hydroxyl groups is 2. The van der Waals surface area contributed by atoms with Crippen LogP contribution >= 0.6 is 11.3 Å². The molecule has 1 aromatic rings. The van der Waals surface area contributed by atoms with E-state index in [4.69, 9.17) is 9.84 Å². The molecule has 0 aromatic carbocycles. The summed E-state index contributed by atoms with van der Waals surface area (Å²) in [4.78, 5) is 12.1. The van der Waals surface area contributed by atoms with Crippen LogP contribution in [0.3, 0.4) is 0 Å². The van der Waals surface area contributed by atoms with Gasteiger partial charge in [-0.2, -0.15) is 0 Å². The number of rotatable bonds is 8. The Morgan fingerprint density at radius 3 is 2.95 bits per heavy atom. The normalized spacial score (nSPS) is 27.3. The Kier molecular flexibility index (Phi) is 5.00. The number of carbonyl (C=O) groups is 1. The lowest BCUT2D eigenvalue weighted by molar-refractivity contribution is 0.0548. The Balaban J connectivity index is 1.37. The summed E-state index contributed by atoms with van der Waals surface area (Å²) in [6.07, 6.45) is 4.36. The van der Waals surface area contributed by atoms with Crippen molar-refractivity contribution in [1.82, 2.24) is 5.32 Å². The van der Waals surface area contributed by atoms with E-state index < -0.39 is 6.10 Å². The van der Waals surface area contributed by atoms with Crippen molar-refractivity contribution in [2.24, 2.45) is 17.8 Å². The molecule has 3 atom stereocenters. The number of aliphatic hydroxyl groups excluding tert-OH is 2. The molecule has 5 nitrogen and oxygen atoms in total. The van der Waals surface area contributed by atoms with Crippen LogP contribution < -0.4 is 10.1 Å². The summed E-state index contributed by atoms with van der Waals surface area (Å²) in [5.74, 6) is 2.65. The molecule has 2 fully saturated rings. The maximum atomic E-state index is 12.1. The van der Waals surface area contributed by atoms with Gasteiger partial charge in [-0.15, -0.1) is 11.3 Å². The highest BCUT2D eigenvalue weighted by molar-refractivity contribution is 7.12. The molecule has 1 aromatic heterocycles. The van der Waals surface area contributed by atoms with Crippen LogP contribution in [-0.4, -0.2) is 42.0 Å². The SMILES string of the molecule is O=C(NCCC1C2CCCC21)c1csc(OCC(O)CO)c1. The van der Waals surface area contributed by atoms with Gasteiger partial charge < -0.3 is 20.3 Å².